The minimum Gasteiger partial charge on any atom is -0.251 e. The van der Waals surface area contributed by atoms with Crippen LogP contribution < -0.4 is 0 Å². The van der Waals surface area contributed by atoms with E-state index < -0.39 is 17.5 Å². The maximum atomic E-state index is 13.2. The van der Waals surface area contributed by atoms with Gasteiger partial charge in [0, 0.05) is 0 Å². The number of hydrogen-bond donors (Lipinski definition) is 0. The first-order valence-electron chi connectivity index (χ1n) is 7.96. The maximum Gasteiger partial charge on any atom is 0.194 e. The predicted molar refractivity (Wildman–Crippen MR) is 79.8 cm³/mol. The summed E-state index contributed by atoms with van der Waals surface area (Å²) in [7, 11) is 0. The lowest BCUT2D eigenvalue weighted by atomic mass is 9.79. The standard InChI is InChI=1S/C18H22F4/c19-10-2-1-3-13-4-6-14(7-5-13)8-9-15-11-16(20)18(22)17(21)12-15/h1,3,11-14H,2,4-10H2/b3-1+/t13-,14-. The fourth-order valence-corrected chi connectivity index (χ4v) is 3.14. The van der Waals surface area contributed by atoms with Crippen LogP contribution in [0, 0.1) is 29.3 Å². The van der Waals surface area contributed by atoms with E-state index in [0.29, 0.717) is 30.2 Å². The first kappa shape index (κ1) is 17.0. The van der Waals surface area contributed by atoms with Gasteiger partial charge in [-0.05, 0) is 74.5 Å². The lowest BCUT2D eigenvalue weighted by molar-refractivity contribution is 0.295. The Morgan fingerprint density at radius 2 is 1.64 bits per heavy atom. The van der Waals surface area contributed by atoms with Crippen LogP contribution in [0.15, 0.2) is 24.3 Å². The van der Waals surface area contributed by atoms with Gasteiger partial charge in [-0.25, -0.2) is 13.2 Å². The zero-order valence-electron chi connectivity index (χ0n) is 12.6. The topological polar surface area (TPSA) is 0 Å². The van der Waals surface area contributed by atoms with Crippen molar-refractivity contribution in [1.29, 1.82) is 0 Å². The number of aryl methyl sites for hydroxylation is 1. The van der Waals surface area contributed by atoms with Crippen molar-refractivity contribution >= 4 is 0 Å². The van der Waals surface area contributed by atoms with Crippen LogP contribution in [0.3, 0.4) is 0 Å². The van der Waals surface area contributed by atoms with Gasteiger partial charge in [0.25, 0.3) is 0 Å². The van der Waals surface area contributed by atoms with E-state index in [1.54, 1.807) is 0 Å². The zero-order valence-corrected chi connectivity index (χ0v) is 12.6. The van der Waals surface area contributed by atoms with Gasteiger partial charge in [0.1, 0.15) is 0 Å². The van der Waals surface area contributed by atoms with Crippen LogP contribution in [-0.4, -0.2) is 6.67 Å². The molecule has 122 valence electrons. The molecule has 0 amide bonds. The van der Waals surface area contributed by atoms with E-state index in [9.17, 15) is 17.6 Å². The molecule has 0 nitrogen and oxygen atoms in total. The maximum absolute atomic E-state index is 13.2. The van der Waals surface area contributed by atoms with Crippen molar-refractivity contribution < 1.29 is 17.6 Å². The van der Waals surface area contributed by atoms with E-state index in [4.69, 9.17) is 0 Å². The summed E-state index contributed by atoms with van der Waals surface area (Å²) in [5.41, 5.74) is 0.515. The molecule has 0 N–H and O–H groups in total. The molecule has 1 aliphatic rings. The number of allylic oxidation sites excluding steroid dienone is 2. The van der Waals surface area contributed by atoms with Crippen molar-refractivity contribution in [1.82, 2.24) is 0 Å². The van der Waals surface area contributed by atoms with E-state index in [1.807, 2.05) is 6.08 Å². The third-order valence-corrected chi connectivity index (χ3v) is 4.46. The highest BCUT2D eigenvalue weighted by molar-refractivity contribution is 5.19. The smallest absolute Gasteiger partial charge is 0.194 e. The summed E-state index contributed by atoms with van der Waals surface area (Å²) in [6.45, 7) is -0.309. The second kappa shape index (κ2) is 8.35. The third kappa shape index (κ3) is 4.85. The lowest BCUT2D eigenvalue weighted by Gasteiger charge is -2.26. The van der Waals surface area contributed by atoms with Gasteiger partial charge < -0.3 is 0 Å². The number of halogens is 4. The largest absolute Gasteiger partial charge is 0.251 e. The van der Waals surface area contributed by atoms with Crippen LogP contribution in [0.5, 0.6) is 0 Å². The second-order valence-corrected chi connectivity index (χ2v) is 6.10. The molecular weight excluding hydrogens is 292 g/mol. The molecule has 0 unspecified atom stereocenters. The molecule has 0 aromatic heterocycles. The fraction of sp³-hybridized carbons (Fsp3) is 0.556. The van der Waals surface area contributed by atoms with Crippen molar-refractivity contribution in [3.8, 4) is 0 Å². The summed E-state index contributed by atoms with van der Waals surface area (Å²) in [4.78, 5) is 0. The van der Waals surface area contributed by atoms with E-state index in [0.717, 1.165) is 44.2 Å². The van der Waals surface area contributed by atoms with Gasteiger partial charge in [0.2, 0.25) is 0 Å². The molecule has 4 heteroatoms. The molecular formula is C18H22F4. The SMILES string of the molecule is FCC/C=C/[C@H]1CC[C@H](CCc2cc(F)c(F)c(F)c2)CC1. The summed E-state index contributed by atoms with van der Waals surface area (Å²) < 4.78 is 51.2. The molecule has 1 saturated carbocycles. The van der Waals surface area contributed by atoms with E-state index in [-0.39, 0.29) is 6.67 Å². The van der Waals surface area contributed by atoms with Crippen LogP contribution >= 0.6 is 0 Å². The molecule has 0 spiro atoms. The predicted octanol–water partition coefficient (Wildman–Crippen LogP) is 5.76. The van der Waals surface area contributed by atoms with Crippen molar-refractivity contribution in [2.45, 2.75) is 44.9 Å². The zero-order chi connectivity index (χ0) is 15.9. The summed E-state index contributed by atoms with van der Waals surface area (Å²) in [6, 6.07) is 2.17. The molecule has 0 bridgehead atoms. The van der Waals surface area contributed by atoms with Crippen molar-refractivity contribution in [3.05, 3.63) is 47.3 Å². The second-order valence-electron chi connectivity index (χ2n) is 6.10. The van der Waals surface area contributed by atoms with Gasteiger partial charge in [-0.15, -0.1) is 0 Å². The Labute approximate surface area is 129 Å². The van der Waals surface area contributed by atoms with Crippen molar-refractivity contribution in [2.24, 2.45) is 11.8 Å². The Kier molecular flexibility index (Phi) is 6.47. The summed E-state index contributed by atoms with van der Waals surface area (Å²) in [6.07, 6.45) is 10.3. The summed E-state index contributed by atoms with van der Waals surface area (Å²) in [5.74, 6) is -2.55. The average Bonchev–Trinajstić information content (AvgIpc) is 2.52. The Morgan fingerprint density at radius 3 is 2.23 bits per heavy atom. The first-order valence-corrected chi connectivity index (χ1v) is 7.96. The Hall–Kier alpha value is -1.32. The monoisotopic (exact) mass is 314 g/mol. The van der Waals surface area contributed by atoms with Crippen molar-refractivity contribution in [2.75, 3.05) is 6.67 Å². The molecule has 0 atom stereocenters. The van der Waals surface area contributed by atoms with Gasteiger partial charge in [-0.1, -0.05) is 12.2 Å². The Bertz CT molecular complexity index is 479. The molecule has 0 radical (unpaired) electrons. The van der Waals surface area contributed by atoms with E-state index in [1.165, 1.54) is 0 Å². The van der Waals surface area contributed by atoms with Crippen LogP contribution in [0.25, 0.3) is 0 Å². The molecule has 0 aliphatic heterocycles. The molecule has 0 saturated heterocycles. The molecule has 1 aromatic carbocycles. The minimum atomic E-state index is -1.40. The molecule has 1 aliphatic carbocycles. The molecule has 22 heavy (non-hydrogen) atoms. The highest BCUT2D eigenvalue weighted by atomic mass is 19.2. The third-order valence-electron chi connectivity index (χ3n) is 4.46. The van der Waals surface area contributed by atoms with Crippen LogP contribution in [0.4, 0.5) is 17.6 Å². The summed E-state index contributed by atoms with van der Waals surface area (Å²) >= 11 is 0. The number of alkyl halides is 1. The van der Waals surface area contributed by atoms with Crippen molar-refractivity contribution in [3.63, 3.8) is 0 Å². The quantitative estimate of drug-likeness (QED) is 0.356. The number of hydrogen-bond acceptors (Lipinski definition) is 0. The molecule has 2 rings (SSSR count). The van der Waals surface area contributed by atoms with Gasteiger partial charge in [-0.2, -0.15) is 0 Å². The van der Waals surface area contributed by atoms with Crippen LogP contribution in [-0.2, 0) is 6.42 Å². The van der Waals surface area contributed by atoms with Gasteiger partial charge in [0.15, 0.2) is 17.5 Å². The molecule has 0 heterocycles. The van der Waals surface area contributed by atoms with E-state index in [2.05, 4.69) is 6.08 Å². The number of rotatable bonds is 6. The molecule has 1 aromatic rings. The van der Waals surface area contributed by atoms with Crippen LogP contribution in [0.2, 0.25) is 0 Å². The highest BCUT2D eigenvalue weighted by Crippen LogP contribution is 2.32. The number of benzene rings is 1. The highest BCUT2D eigenvalue weighted by Gasteiger charge is 2.19. The normalized spacial score (nSPS) is 22.4. The molecule has 1 fully saturated rings. The first-order chi connectivity index (χ1) is 10.6. The van der Waals surface area contributed by atoms with Gasteiger partial charge >= 0.3 is 0 Å². The van der Waals surface area contributed by atoms with Crippen LogP contribution in [0.1, 0.15) is 44.1 Å². The Balaban J connectivity index is 1.77. The van der Waals surface area contributed by atoms with Gasteiger partial charge in [0.05, 0.1) is 6.67 Å². The van der Waals surface area contributed by atoms with E-state index >= 15 is 0 Å². The summed E-state index contributed by atoms with van der Waals surface area (Å²) in [5, 5.41) is 0. The lowest BCUT2D eigenvalue weighted by Crippen LogP contribution is -2.14. The minimum absolute atomic E-state index is 0.309. The fourth-order valence-electron chi connectivity index (χ4n) is 3.14. The Morgan fingerprint density at radius 1 is 1.00 bits per heavy atom. The van der Waals surface area contributed by atoms with Gasteiger partial charge in [-0.3, -0.25) is 4.39 Å². The average molecular weight is 314 g/mol.